The van der Waals surface area contributed by atoms with Crippen LogP contribution in [-0.4, -0.2) is 12.4 Å². The van der Waals surface area contributed by atoms with Crippen LogP contribution in [0.4, 0.5) is 10.1 Å². The lowest BCUT2D eigenvalue weighted by Gasteiger charge is -2.07. The zero-order valence-corrected chi connectivity index (χ0v) is 19.0. The van der Waals surface area contributed by atoms with E-state index in [0.29, 0.717) is 12.2 Å². The van der Waals surface area contributed by atoms with Crippen LogP contribution < -0.4 is 10.5 Å². The summed E-state index contributed by atoms with van der Waals surface area (Å²) in [5.74, 6) is 0.331. The molecule has 3 nitrogen and oxygen atoms in total. The van der Waals surface area contributed by atoms with Gasteiger partial charge in [0.2, 0.25) is 0 Å². The first-order valence-electron chi connectivity index (χ1n) is 11.7. The third kappa shape index (κ3) is 8.93. The number of allylic oxidation sites excluding steroid dienone is 1. The maximum atomic E-state index is 13.0. The molecule has 0 heterocycles. The molecule has 0 aliphatic heterocycles. The highest BCUT2D eigenvalue weighted by Crippen LogP contribution is 2.16. The fraction of sp³-hybridized carbons (Fsp3) is 0.276. The molecule has 3 aromatic rings. The van der Waals surface area contributed by atoms with E-state index in [2.05, 4.69) is 12.1 Å². The van der Waals surface area contributed by atoms with Crippen LogP contribution in [0.25, 0.3) is 6.08 Å². The molecule has 3 aromatic carbocycles. The number of unbranched alkanes of at least 4 members (excludes halogenated alkanes) is 5. The van der Waals surface area contributed by atoms with Crippen LogP contribution in [0.5, 0.6) is 5.75 Å². The number of ketones is 1. The van der Waals surface area contributed by atoms with Gasteiger partial charge in [-0.05, 0) is 85.0 Å². The predicted molar refractivity (Wildman–Crippen MR) is 134 cm³/mol. The second-order valence-electron chi connectivity index (χ2n) is 8.23. The number of hydrogen-bond donors (Lipinski definition) is 1. The SMILES string of the molecule is Nc1ccc(CCCCCCCCOc2ccc(C=CC(=O)c3ccc(F)cc3)cc2)cc1. The summed E-state index contributed by atoms with van der Waals surface area (Å²) < 4.78 is 18.8. The summed E-state index contributed by atoms with van der Waals surface area (Å²) in [6.45, 7) is 0.712. The molecule has 0 aromatic heterocycles. The minimum absolute atomic E-state index is 0.152. The highest BCUT2D eigenvalue weighted by Gasteiger charge is 2.02. The molecule has 2 N–H and O–H groups in total. The maximum Gasteiger partial charge on any atom is 0.185 e. The van der Waals surface area contributed by atoms with Crippen LogP contribution in [0.3, 0.4) is 0 Å². The van der Waals surface area contributed by atoms with Gasteiger partial charge in [-0.25, -0.2) is 4.39 Å². The van der Waals surface area contributed by atoms with Gasteiger partial charge in [-0.1, -0.05) is 56.0 Å². The largest absolute Gasteiger partial charge is 0.494 e. The Morgan fingerprint density at radius 1 is 0.788 bits per heavy atom. The van der Waals surface area contributed by atoms with Crippen molar-refractivity contribution in [1.29, 1.82) is 0 Å². The molecule has 0 aliphatic rings. The zero-order chi connectivity index (χ0) is 23.3. The Labute approximate surface area is 196 Å². The van der Waals surface area contributed by atoms with E-state index in [0.717, 1.165) is 29.8 Å². The van der Waals surface area contributed by atoms with Gasteiger partial charge in [0.15, 0.2) is 5.78 Å². The van der Waals surface area contributed by atoms with Gasteiger partial charge in [0.05, 0.1) is 6.61 Å². The van der Waals surface area contributed by atoms with Gasteiger partial charge in [-0.2, -0.15) is 0 Å². The van der Waals surface area contributed by atoms with Crippen molar-refractivity contribution < 1.29 is 13.9 Å². The first kappa shape index (κ1) is 24.2. The van der Waals surface area contributed by atoms with Crippen molar-refractivity contribution in [1.82, 2.24) is 0 Å². The Hall–Kier alpha value is -3.40. The number of hydrogen-bond acceptors (Lipinski definition) is 3. The second kappa shape index (κ2) is 13.2. The summed E-state index contributed by atoms with van der Waals surface area (Å²) in [7, 11) is 0. The maximum absolute atomic E-state index is 13.0. The van der Waals surface area contributed by atoms with Gasteiger partial charge in [0.25, 0.3) is 0 Å². The number of aryl methyl sites for hydroxylation is 1. The van der Waals surface area contributed by atoms with Crippen molar-refractivity contribution in [3.63, 3.8) is 0 Å². The van der Waals surface area contributed by atoms with Crippen LogP contribution in [0.1, 0.15) is 60.0 Å². The van der Waals surface area contributed by atoms with E-state index in [9.17, 15) is 9.18 Å². The van der Waals surface area contributed by atoms with Crippen LogP contribution >= 0.6 is 0 Å². The molecule has 0 aliphatic carbocycles. The Morgan fingerprint density at radius 3 is 2.12 bits per heavy atom. The minimum Gasteiger partial charge on any atom is -0.494 e. The average Bonchev–Trinajstić information content (AvgIpc) is 2.84. The molecule has 4 heteroatoms. The second-order valence-corrected chi connectivity index (χ2v) is 8.23. The molecule has 172 valence electrons. The fourth-order valence-electron chi connectivity index (χ4n) is 3.57. The molecule has 0 atom stereocenters. The lowest BCUT2D eigenvalue weighted by Crippen LogP contribution is -1.97. The molecule has 0 saturated carbocycles. The summed E-state index contributed by atoms with van der Waals surface area (Å²) >= 11 is 0. The zero-order valence-electron chi connectivity index (χ0n) is 19.0. The molecule has 0 saturated heterocycles. The van der Waals surface area contributed by atoms with Crippen molar-refractivity contribution in [3.8, 4) is 5.75 Å². The van der Waals surface area contributed by atoms with Crippen molar-refractivity contribution in [2.24, 2.45) is 0 Å². The van der Waals surface area contributed by atoms with Crippen molar-refractivity contribution >= 4 is 17.5 Å². The summed E-state index contributed by atoms with van der Waals surface area (Å²) in [5.41, 5.74) is 9.28. The first-order valence-corrected chi connectivity index (χ1v) is 11.7. The standard InChI is InChI=1S/C29H32FNO2/c30-26-15-13-25(14-16-26)29(32)21-12-24-10-19-28(20-11-24)33-22-6-4-2-1-3-5-7-23-8-17-27(31)18-9-23/h8-21H,1-7,22,31H2. The Kier molecular flexibility index (Phi) is 9.71. The average molecular weight is 446 g/mol. The van der Waals surface area contributed by atoms with E-state index in [1.54, 1.807) is 6.08 Å². The number of carbonyl (C=O) groups excluding carboxylic acids is 1. The molecule has 0 radical (unpaired) electrons. The number of rotatable bonds is 13. The Morgan fingerprint density at radius 2 is 1.42 bits per heavy atom. The van der Waals surface area contributed by atoms with E-state index >= 15 is 0 Å². The fourth-order valence-corrected chi connectivity index (χ4v) is 3.57. The highest BCUT2D eigenvalue weighted by atomic mass is 19.1. The third-order valence-corrected chi connectivity index (χ3v) is 5.54. The summed E-state index contributed by atoms with van der Waals surface area (Å²) in [5, 5.41) is 0. The molecular formula is C29H32FNO2. The molecule has 0 fully saturated rings. The number of halogens is 1. The normalized spacial score (nSPS) is 11.1. The summed E-state index contributed by atoms with van der Waals surface area (Å²) in [6, 6.07) is 21.4. The van der Waals surface area contributed by atoms with Crippen LogP contribution in [0.2, 0.25) is 0 Å². The summed E-state index contributed by atoms with van der Waals surface area (Å²) in [4.78, 5) is 12.1. The number of anilines is 1. The Bertz CT molecular complexity index is 1010. The highest BCUT2D eigenvalue weighted by molar-refractivity contribution is 6.06. The van der Waals surface area contributed by atoms with Crippen LogP contribution in [-0.2, 0) is 6.42 Å². The molecule has 0 amide bonds. The van der Waals surface area contributed by atoms with Gasteiger partial charge in [0.1, 0.15) is 11.6 Å². The monoisotopic (exact) mass is 445 g/mol. The lowest BCUT2D eigenvalue weighted by atomic mass is 10.0. The molecule has 0 unspecified atom stereocenters. The third-order valence-electron chi connectivity index (χ3n) is 5.54. The summed E-state index contributed by atoms with van der Waals surface area (Å²) in [6.07, 6.45) is 11.6. The van der Waals surface area contributed by atoms with E-state index in [4.69, 9.17) is 10.5 Å². The van der Waals surface area contributed by atoms with E-state index in [-0.39, 0.29) is 11.6 Å². The number of carbonyl (C=O) groups is 1. The van der Waals surface area contributed by atoms with E-state index in [1.807, 2.05) is 36.4 Å². The molecule has 33 heavy (non-hydrogen) atoms. The molecule has 3 rings (SSSR count). The van der Waals surface area contributed by atoms with Crippen molar-refractivity contribution in [3.05, 3.63) is 101 Å². The first-order chi connectivity index (χ1) is 16.1. The van der Waals surface area contributed by atoms with Crippen LogP contribution in [0.15, 0.2) is 78.9 Å². The van der Waals surface area contributed by atoms with Gasteiger partial charge >= 0.3 is 0 Å². The molecule has 0 spiro atoms. The minimum atomic E-state index is -0.350. The van der Waals surface area contributed by atoms with Gasteiger partial charge in [-0.15, -0.1) is 0 Å². The quantitative estimate of drug-likeness (QED) is 0.130. The van der Waals surface area contributed by atoms with Crippen molar-refractivity contribution in [2.75, 3.05) is 12.3 Å². The number of nitrogens with two attached hydrogens (primary N) is 1. The molecular weight excluding hydrogens is 413 g/mol. The van der Waals surface area contributed by atoms with Gasteiger partial charge in [0, 0.05) is 11.3 Å². The topological polar surface area (TPSA) is 52.3 Å². The van der Waals surface area contributed by atoms with E-state index < -0.39 is 0 Å². The van der Waals surface area contributed by atoms with Gasteiger partial charge < -0.3 is 10.5 Å². The van der Waals surface area contributed by atoms with Crippen LogP contribution in [0, 0.1) is 5.82 Å². The smallest absolute Gasteiger partial charge is 0.185 e. The van der Waals surface area contributed by atoms with E-state index in [1.165, 1.54) is 68.0 Å². The molecule has 0 bridgehead atoms. The predicted octanol–water partition coefficient (Wildman–Crippen LogP) is 7.27. The Balaban J connectivity index is 1.25. The number of benzene rings is 3. The van der Waals surface area contributed by atoms with Gasteiger partial charge in [-0.3, -0.25) is 4.79 Å². The number of nitrogen functional groups attached to an aromatic ring is 1. The number of ether oxygens (including phenoxy) is 1. The lowest BCUT2D eigenvalue weighted by molar-refractivity contribution is 0.104. The van der Waals surface area contributed by atoms with Crippen molar-refractivity contribution in [2.45, 2.75) is 44.9 Å².